The van der Waals surface area contributed by atoms with Crippen molar-refractivity contribution in [3.05, 3.63) is 59.2 Å². The van der Waals surface area contributed by atoms with E-state index in [1.54, 1.807) is 11.0 Å². The molecule has 0 saturated carbocycles. The topological polar surface area (TPSA) is 86.8 Å². The molecule has 0 aromatic heterocycles. The van der Waals surface area contributed by atoms with E-state index in [1.807, 2.05) is 0 Å². The molecule has 1 fully saturated rings. The molecule has 0 aliphatic carbocycles. The molecule has 1 N–H and O–H groups in total. The number of carbonyl (C=O) groups is 2. The van der Waals surface area contributed by atoms with E-state index >= 15 is 0 Å². The Labute approximate surface area is 170 Å². The van der Waals surface area contributed by atoms with E-state index < -0.39 is 33.6 Å². The number of halogens is 3. The number of anilines is 1. The summed E-state index contributed by atoms with van der Waals surface area (Å²) in [7, 11) is -3.93. The summed E-state index contributed by atoms with van der Waals surface area (Å²) in [6, 6.07) is 8.63. The normalized spacial score (nSPS) is 17.8. The van der Waals surface area contributed by atoms with Gasteiger partial charge in [0.25, 0.3) is 11.8 Å². The lowest BCUT2D eigenvalue weighted by Gasteiger charge is -2.35. The lowest BCUT2D eigenvalue weighted by Crippen LogP contribution is -2.48. The van der Waals surface area contributed by atoms with Crippen LogP contribution >= 0.6 is 0 Å². The predicted octanol–water partition coefficient (Wildman–Crippen LogP) is 2.10. The molecular formula is C19H16F3N3O4S. The molecule has 0 unspecified atom stereocenters. The smallest absolute Gasteiger partial charge is 0.369 e. The number of hydrogen-bond acceptors (Lipinski definition) is 5. The molecule has 4 rings (SSSR count). The van der Waals surface area contributed by atoms with Crippen LogP contribution in [0, 0.1) is 0 Å². The van der Waals surface area contributed by atoms with E-state index in [0.29, 0.717) is 5.69 Å². The maximum absolute atomic E-state index is 12.9. The molecule has 2 aromatic rings. The average Bonchev–Trinajstić information content (AvgIpc) is 3.01. The first-order valence-electron chi connectivity index (χ1n) is 8.99. The summed E-state index contributed by atoms with van der Waals surface area (Å²) in [4.78, 5) is 25.0. The maximum Gasteiger partial charge on any atom is 0.416 e. The van der Waals surface area contributed by atoms with Gasteiger partial charge in [0, 0.05) is 31.9 Å². The highest BCUT2D eigenvalue weighted by Crippen LogP contribution is 2.32. The number of rotatable bonds is 3. The van der Waals surface area contributed by atoms with Gasteiger partial charge in [-0.1, -0.05) is 6.07 Å². The van der Waals surface area contributed by atoms with Gasteiger partial charge in [0.2, 0.25) is 10.0 Å². The number of amides is 2. The second-order valence-electron chi connectivity index (χ2n) is 6.93. The molecule has 1 saturated heterocycles. The van der Waals surface area contributed by atoms with Gasteiger partial charge in [0.05, 0.1) is 21.6 Å². The first kappa shape index (κ1) is 20.4. The van der Waals surface area contributed by atoms with Gasteiger partial charge in [-0.15, -0.1) is 0 Å². The molecule has 158 valence electrons. The Hall–Kier alpha value is -2.92. The number of carbonyl (C=O) groups excluding carboxylic acids is 2. The van der Waals surface area contributed by atoms with Crippen LogP contribution in [0.4, 0.5) is 18.9 Å². The van der Waals surface area contributed by atoms with Crippen molar-refractivity contribution in [1.29, 1.82) is 0 Å². The number of fused-ring (bicyclic) bond motifs is 1. The van der Waals surface area contributed by atoms with Crippen LogP contribution < -0.4 is 10.2 Å². The van der Waals surface area contributed by atoms with E-state index in [4.69, 9.17) is 0 Å². The van der Waals surface area contributed by atoms with Crippen molar-refractivity contribution in [2.45, 2.75) is 11.1 Å². The van der Waals surface area contributed by atoms with Crippen LogP contribution in [0.2, 0.25) is 0 Å². The van der Waals surface area contributed by atoms with Crippen LogP contribution in [0.15, 0.2) is 47.4 Å². The van der Waals surface area contributed by atoms with Crippen molar-refractivity contribution in [1.82, 2.24) is 9.62 Å². The third-order valence-electron chi connectivity index (χ3n) is 5.12. The highest BCUT2D eigenvalue weighted by atomic mass is 32.2. The highest BCUT2D eigenvalue weighted by molar-refractivity contribution is 7.89. The summed E-state index contributed by atoms with van der Waals surface area (Å²) in [5.41, 5.74) is -0.271. The van der Waals surface area contributed by atoms with Crippen molar-refractivity contribution in [3.8, 4) is 0 Å². The Balaban J connectivity index is 1.51. The van der Waals surface area contributed by atoms with Crippen molar-refractivity contribution in [2.24, 2.45) is 0 Å². The fourth-order valence-electron chi connectivity index (χ4n) is 3.52. The monoisotopic (exact) mass is 439 g/mol. The lowest BCUT2D eigenvalue weighted by atomic mass is 10.1. The summed E-state index contributed by atoms with van der Waals surface area (Å²) in [6.45, 7) is 0.566. The average molecular weight is 439 g/mol. The minimum Gasteiger partial charge on any atom is -0.369 e. The minimum atomic E-state index is -4.46. The fourth-order valence-corrected chi connectivity index (χ4v) is 4.97. The van der Waals surface area contributed by atoms with Crippen LogP contribution in [0.5, 0.6) is 0 Å². The number of alkyl halides is 3. The van der Waals surface area contributed by atoms with Gasteiger partial charge in [-0.05, 0) is 36.4 Å². The largest absolute Gasteiger partial charge is 0.416 e. The fraction of sp³-hybridized carbons (Fsp3) is 0.263. The summed E-state index contributed by atoms with van der Waals surface area (Å²) >= 11 is 0. The van der Waals surface area contributed by atoms with Gasteiger partial charge in [-0.25, -0.2) is 8.42 Å². The quantitative estimate of drug-likeness (QED) is 0.741. The number of imide groups is 1. The number of nitrogens with one attached hydrogen (secondary N) is 1. The van der Waals surface area contributed by atoms with Crippen molar-refractivity contribution >= 4 is 27.5 Å². The van der Waals surface area contributed by atoms with Gasteiger partial charge < -0.3 is 4.90 Å². The molecule has 11 heteroatoms. The second kappa shape index (κ2) is 7.10. The molecule has 2 aliphatic rings. The molecule has 2 amide bonds. The molecule has 2 aromatic carbocycles. The summed E-state index contributed by atoms with van der Waals surface area (Å²) in [6.07, 6.45) is -4.46. The third-order valence-corrected chi connectivity index (χ3v) is 7.02. The number of nitrogens with zero attached hydrogens (tertiary/aromatic N) is 2. The summed E-state index contributed by atoms with van der Waals surface area (Å²) in [5.74, 6) is -1.23. The molecule has 0 atom stereocenters. The van der Waals surface area contributed by atoms with Crippen molar-refractivity contribution < 1.29 is 31.2 Å². The SMILES string of the molecule is O=C1NC(=O)c2cc(S(=O)(=O)N3CCN(c4cccc(C(F)(F)F)c4)CC3)ccc21. The Morgan fingerprint density at radius 3 is 2.20 bits per heavy atom. The van der Waals surface area contributed by atoms with Crippen molar-refractivity contribution in [3.63, 3.8) is 0 Å². The van der Waals surface area contributed by atoms with Crippen LogP contribution in [0.3, 0.4) is 0 Å². The first-order chi connectivity index (χ1) is 14.1. The predicted molar refractivity (Wildman–Crippen MR) is 101 cm³/mol. The van der Waals surface area contributed by atoms with Gasteiger partial charge in [-0.3, -0.25) is 14.9 Å². The van der Waals surface area contributed by atoms with Crippen LogP contribution in [-0.4, -0.2) is 50.7 Å². The zero-order valence-electron chi connectivity index (χ0n) is 15.4. The van der Waals surface area contributed by atoms with Crippen LogP contribution in [0.1, 0.15) is 26.3 Å². The zero-order valence-corrected chi connectivity index (χ0v) is 16.3. The third kappa shape index (κ3) is 3.54. The summed E-state index contributed by atoms with van der Waals surface area (Å²) in [5, 5.41) is 2.11. The minimum absolute atomic E-state index is 0.00340. The molecule has 2 aliphatic heterocycles. The van der Waals surface area contributed by atoms with Gasteiger partial charge >= 0.3 is 6.18 Å². The van der Waals surface area contributed by atoms with Crippen molar-refractivity contribution in [2.75, 3.05) is 31.1 Å². The number of sulfonamides is 1. The lowest BCUT2D eigenvalue weighted by molar-refractivity contribution is -0.137. The Bertz CT molecular complexity index is 1140. The Kier molecular flexibility index (Phi) is 4.82. The number of piperazine rings is 1. The van der Waals surface area contributed by atoms with E-state index in [-0.39, 0.29) is 42.2 Å². The van der Waals surface area contributed by atoms with Gasteiger partial charge in [-0.2, -0.15) is 17.5 Å². The second-order valence-corrected chi connectivity index (χ2v) is 8.87. The summed E-state index contributed by atoms with van der Waals surface area (Å²) < 4.78 is 65.9. The maximum atomic E-state index is 12.9. The number of hydrogen-bond donors (Lipinski definition) is 1. The zero-order chi connectivity index (χ0) is 21.7. The van der Waals surface area contributed by atoms with E-state index in [9.17, 15) is 31.2 Å². The number of benzene rings is 2. The standard InChI is InChI=1S/C19H16F3N3O4S/c20-19(21,22)12-2-1-3-13(10-12)24-6-8-25(9-7-24)30(28,29)14-4-5-15-16(11-14)18(27)23-17(15)26/h1-5,10-11H,6-9H2,(H,23,26,27). The molecule has 7 nitrogen and oxygen atoms in total. The van der Waals surface area contributed by atoms with E-state index in [0.717, 1.165) is 12.1 Å². The molecular weight excluding hydrogens is 423 g/mol. The van der Waals surface area contributed by atoms with Crippen LogP contribution in [-0.2, 0) is 16.2 Å². The van der Waals surface area contributed by atoms with Crippen LogP contribution in [0.25, 0.3) is 0 Å². The highest BCUT2D eigenvalue weighted by Gasteiger charge is 2.34. The molecule has 30 heavy (non-hydrogen) atoms. The Morgan fingerprint density at radius 2 is 1.53 bits per heavy atom. The molecule has 0 spiro atoms. The van der Waals surface area contributed by atoms with Gasteiger partial charge in [0.1, 0.15) is 0 Å². The van der Waals surface area contributed by atoms with E-state index in [2.05, 4.69) is 5.32 Å². The molecule has 2 heterocycles. The molecule has 0 bridgehead atoms. The molecule has 0 radical (unpaired) electrons. The van der Waals surface area contributed by atoms with E-state index in [1.165, 1.54) is 28.6 Å². The Morgan fingerprint density at radius 1 is 0.867 bits per heavy atom. The van der Waals surface area contributed by atoms with Gasteiger partial charge in [0.15, 0.2) is 0 Å². The first-order valence-corrected chi connectivity index (χ1v) is 10.4.